The summed E-state index contributed by atoms with van der Waals surface area (Å²) in [6.07, 6.45) is 1.66. The molecule has 0 spiro atoms. The van der Waals surface area contributed by atoms with Crippen molar-refractivity contribution >= 4 is 0 Å². The Balaban J connectivity index is 2.13. The molecule has 0 saturated carbocycles. The van der Waals surface area contributed by atoms with Crippen molar-refractivity contribution in [3.8, 4) is 0 Å². The first-order valence-electron chi connectivity index (χ1n) is 6.62. The molecule has 3 atom stereocenters. The van der Waals surface area contributed by atoms with E-state index in [0.717, 1.165) is 18.4 Å². The molecule has 1 N–H and O–H groups in total. The summed E-state index contributed by atoms with van der Waals surface area (Å²) in [5, 5.41) is 10.5. The molecule has 0 saturated heterocycles. The van der Waals surface area contributed by atoms with Crippen LogP contribution >= 0.6 is 0 Å². The van der Waals surface area contributed by atoms with Crippen LogP contribution < -0.4 is 0 Å². The number of hydrogen-bond donors (Lipinski definition) is 1. The van der Waals surface area contributed by atoms with Crippen molar-refractivity contribution in [3.05, 3.63) is 35.4 Å². The summed E-state index contributed by atoms with van der Waals surface area (Å²) in [5.74, 6) is 0. The average Bonchev–Trinajstić information content (AvgIpc) is 2.39. The molecule has 2 rings (SSSR count). The maximum absolute atomic E-state index is 10.5. The Morgan fingerprint density at radius 2 is 2.17 bits per heavy atom. The molecule has 100 valence electrons. The zero-order chi connectivity index (χ0) is 13.1. The van der Waals surface area contributed by atoms with Crippen LogP contribution in [-0.4, -0.2) is 42.9 Å². The molecular weight excluding hydrogens is 226 g/mol. The molecule has 0 aromatic heterocycles. The molecule has 3 heteroatoms. The van der Waals surface area contributed by atoms with Gasteiger partial charge in [0.25, 0.3) is 0 Å². The quantitative estimate of drug-likeness (QED) is 0.886. The minimum absolute atomic E-state index is 0.185. The third kappa shape index (κ3) is 2.58. The third-order valence-electron chi connectivity index (χ3n) is 4.07. The van der Waals surface area contributed by atoms with E-state index in [4.69, 9.17) is 4.74 Å². The van der Waals surface area contributed by atoms with Gasteiger partial charge in [0.05, 0.1) is 12.7 Å². The van der Waals surface area contributed by atoms with Gasteiger partial charge >= 0.3 is 0 Å². The van der Waals surface area contributed by atoms with Gasteiger partial charge in [-0.25, -0.2) is 0 Å². The Morgan fingerprint density at radius 3 is 2.89 bits per heavy atom. The summed E-state index contributed by atoms with van der Waals surface area (Å²) in [6.45, 7) is 2.83. The smallest absolute Gasteiger partial charge is 0.0947 e. The minimum Gasteiger partial charge on any atom is -0.387 e. The maximum atomic E-state index is 10.5. The van der Waals surface area contributed by atoms with Crippen LogP contribution in [0.1, 0.15) is 30.6 Å². The number of aryl methyl sites for hydroxylation is 1. The molecule has 1 aliphatic rings. The largest absolute Gasteiger partial charge is 0.387 e. The summed E-state index contributed by atoms with van der Waals surface area (Å²) in [6, 6.07) is 8.71. The van der Waals surface area contributed by atoms with Gasteiger partial charge < -0.3 is 9.84 Å². The van der Waals surface area contributed by atoms with Gasteiger partial charge in [-0.1, -0.05) is 24.3 Å². The third-order valence-corrected chi connectivity index (χ3v) is 4.07. The first kappa shape index (κ1) is 13.5. The van der Waals surface area contributed by atoms with Crippen LogP contribution in [0.4, 0.5) is 0 Å². The fraction of sp³-hybridized carbons (Fsp3) is 0.600. The van der Waals surface area contributed by atoms with Crippen LogP contribution in [0.2, 0.25) is 0 Å². The molecule has 0 heterocycles. The van der Waals surface area contributed by atoms with Gasteiger partial charge in [0.15, 0.2) is 0 Å². The summed E-state index contributed by atoms with van der Waals surface area (Å²) < 4.78 is 5.20. The lowest BCUT2D eigenvalue weighted by molar-refractivity contribution is 0.0108. The minimum atomic E-state index is -0.390. The standard InChI is InChI=1S/C15H23NO2/c1-11(10-18-3)16(2)14-9-8-12-6-4-5-7-13(12)15(14)17/h4-7,11,14-15,17H,8-10H2,1-3H3. The van der Waals surface area contributed by atoms with Crippen molar-refractivity contribution in [1.29, 1.82) is 0 Å². The van der Waals surface area contributed by atoms with E-state index in [1.165, 1.54) is 5.56 Å². The second kappa shape index (κ2) is 5.83. The van der Waals surface area contributed by atoms with Crippen LogP contribution in [0.5, 0.6) is 0 Å². The number of fused-ring (bicyclic) bond motifs is 1. The van der Waals surface area contributed by atoms with Gasteiger partial charge in [0, 0.05) is 19.2 Å². The van der Waals surface area contributed by atoms with Crippen LogP contribution in [-0.2, 0) is 11.2 Å². The number of likely N-dealkylation sites (N-methyl/N-ethyl adjacent to an activating group) is 1. The number of rotatable bonds is 4. The fourth-order valence-electron chi connectivity index (χ4n) is 2.83. The SMILES string of the molecule is COCC(C)N(C)C1CCc2ccccc2C1O. The molecule has 0 fully saturated rings. The predicted octanol–water partition coefficient (Wildman–Crippen LogP) is 2.00. The lowest BCUT2D eigenvalue weighted by atomic mass is 9.85. The molecule has 0 radical (unpaired) electrons. The molecule has 1 aromatic rings. The maximum Gasteiger partial charge on any atom is 0.0947 e. The van der Waals surface area contributed by atoms with E-state index >= 15 is 0 Å². The van der Waals surface area contributed by atoms with E-state index in [1.807, 2.05) is 18.2 Å². The molecule has 0 bridgehead atoms. The van der Waals surface area contributed by atoms with Gasteiger partial charge in [-0.2, -0.15) is 0 Å². The predicted molar refractivity (Wildman–Crippen MR) is 72.6 cm³/mol. The van der Waals surface area contributed by atoms with E-state index in [0.29, 0.717) is 12.6 Å². The van der Waals surface area contributed by atoms with Gasteiger partial charge in [0.1, 0.15) is 0 Å². The van der Waals surface area contributed by atoms with Gasteiger partial charge in [0.2, 0.25) is 0 Å². The number of ether oxygens (including phenoxy) is 1. The van der Waals surface area contributed by atoms with Crippen LogP contribution in [0, 0.1) is 0 Å². The molecule has 3 nitrogen and oxygen atoms in total. The van der Waals surface area contributed by atoms with Crippen molar-refractivity contribution in [1.82, 2.24) is 4.90 Å². The van der Waals surface area contributed by atoms with Crippen LogP contribution in [0.15, 0.2) is 24.3 Å². The highest BCUT2D eigenvalue weighted by molar-refractivity contribution is 5.32. The Labute approximate surface area is 109 Å². The van der Waals surface area contributed by atoms with Crippen LogP contribution in [0.3, 0.4) is 0 Å². The molecular formula is C15H23NO2. The Kier molecular flexibility index (Phi) is 4.38. The molecule has 0 aliphatic heterocycles. The van der Waals surface area contributed by atoms with Gasteiger partial charge in [-0.05, 0) is 37.9 Å². The Bertz CT molecular complexity index is 394. The number of aliphatic hydroxyl groups is 1. The molecule has 18 heavy (non-hydrogen) atoms. The number of nitrogens with zero attached hydrogens (tertiary/aromatic N) is 1. The number of benzene rings is 1. The van der Waals surface area contributed by atoms with E-state index in [9.17, 15) is 5.11 Å². The molecule has 3 unspecified atom stereocenters. The molecule has 1 aliphatic carbocycles. The normalized spacial score (nSPS) is 24.9. The van der Waals surface area contributed by atoms with E-state index < -0.39 is 0 Å². The highest BCUT2D eigenvalue weighted by Gasteiger charge is 2.32. The van der Waals surface area contributed by atoms with E-state index in [1.54, 1.807) is 7.11 Å². The number of methoxy groups -OCH3 is 1. The summed E-state index contributed by atoms with van der Waals surface area (Å²) in [5.41, 5.74) is 2.37. The van der Waals surface area contributed by atoms with Gasteiger partial charge in [-0.3, -0.25) is 4.90 Å². The van der Waals surface area contributed by atoms with Crippen molar-refractivity contribution in [2.45, 2.75) is 38.0 Å². The second-order valence-electron chi connectivity index (χ2n) is 5.22. The highest BCUT2D eigenvalue weighted by Crippen LogP contribution is 2.32. The average molecular weight is 249 g/mol. The zero-order valence-electron chi connectivity index (χ0n) is 11.5. The van der Waals surface area contributed by atoms with E-state index in [-0.39, 0.29) is 12.1 Å². The van der Waals surface area contributed by atoms with Crippen molar-refractivity contribution in [3.63, 3.8) is 0 Å². The summed E-state index contributed by atoms with van der Waals surface area (Å²) >= 11 is 0. The second-order valence-corrected chi connectivity index (χ2v) is 5.22. The monoisotopic (exact) mass is 249 g/mol. The van der Waals surface area contributed by atoms with Gasteiger partial charge in [-0.15, -0.1) is 0 Å². The van der Waals surface area contributed by atoms with Crippen molar-refractivity contribution in [2.24, 2.45) is 0 Å². The highest BCUT2D eigenvalue weighted by atomic mass is 16.5. The number of aliphatic hydroxyl groups excluding tert-OH is 1. The first-order chi connectivity index (χ1) is 8.65. The summed E-state index contributed by atoms with van der Waals surface area (Å²) in [7, 11) is 3.79. The molecule has 1 aromatic carbocycles. The zero-order valence-corrected chi connectivity index (χ0v) is 11.5. The van der Waals surface area contributed by atoms with Crippen molar-refractivity contribution < 1.29 is 9.84 Å². The first-order valence-corrected chi connectivity index (χ1v) is 6.62. The topological polar surface area (TPSA) is 32.7 Å². The van der Waals surface area contributed by atoms with Crippen molar-refractivity contribution in [2.75, 3.05) is 20.8 Å². The van der Waals surface area contributed by atoms with Crippen LogP contribution in [0.25, 0.3) is 0 Å². The molecule has 0 amide bonds. The Hall–Kier alpha value is -0.900. The fourth-order valence-corrected chi connectivity index (χ4v) is 2.83. The lowest BCUT2D eigenvalue weighted by Crippen LogP contribution is -2.46. The Morgan fingerprint density at radius 1 is 1.44 bits per heavy atom. The summed E-state index contributed by atoms with van der Waals surface area (Å²) in [4.78, 5) is 2.24. The van der Waals surface area contributed by atoms with E-state index in [2.05, 4.69) is 24.9 Å². The number of hydrogen-bond acceptors (Lipinski definition) is 3. The lowest BCUT2D eigenvalue weighted by Gasteiger charge is -2.39.